The van der Waals surface area contributed by atoms with Gasteiger partial charge in [-0.15, -0.1) is 0 Å². The molecule has 1 saturated carbocycles. The van der Waals surface area contributed by atoms with Crippen molar-refractivity contribution in [2.24, 2.45) is 5.92 Å². The van der Waals surface area contributed by atoms with Crippen LogP contribution in [-0.4, -0.2) is 5.78 Å². The summed E-state index contributed by atoms with van der Waals surface area (Å²) < 4.78 is -0.0197. The monoisotopic (exact) mass is 266 g/mol. The third-order valence-corrected chi connectivity index (χ3v) is 3.26. The van der Waals surface area contributed by atoms with Crippen LogP contribution in [0.1, 0.15) is 42.6 Å². The quantitative estimate of drug-likeness (QED) is 0.599. The molecule has 1 fully saturated rings. The Hall–Kier alpha value is -0.630. The third kappa shape index (κ3) is 2.49. The van der Waals surface area contributed by atoms with Gasteiger partial charge >= 0.3 is 0 Å². The Bertz CT molecular complexity index is 369. The first-order valence-electron chi connectivity index (χ1n) is 5.32. The van der Waals surface area contributed by atoms with E-state index in [1.807, 2.05) is 24.3 Å². The van der Waals surface area contributed by atoms with Gasteiger partial charge < -0.3 is 0 Å². The van der Waals surface area contributed by atoms with E-state index in [1.54, 1.807) is 0 Å². The standard InChI is InChI=1S/C13H15BrO/c1-13(2,14)11-7-5-10(6-8-11)12(15)9-3-4-9/h5-9H,3-4H2,1-2H3. The Labute approximate surface area is 99.0 Å². The Kier molecular flexibility index (Phi) is 2.72. The summed E-state index contributed by atoms with van der Waals surface area (Å²) in [6.07, 6.45) is 2.15. The molecule has 15 heavy (non-hydrogen) atoms. The van der Waals surface area contributed by atoms with Crippen molar-refractivity contribution < 1.29 is 4.79 Å². The van der Waals surface area contributed by atoms with Gasteiger partial charge in [-0.1, -0.05) is 40.2 Å². The highest BCUT2D eigenvalue weighted by Crippen LogP contribution is 2.34. The normalized spacial score (nSPS) is 16.5. The first-order chi connectivity index (χ1) is 6.98. The van der Waals surface area contributed by atoms with Gasteiger partial charge in [0.15, 0.2) is 5.78 Å². The molecule has 1 nitrogen and oxygen atoms in total. The zero-order valence-corrected chi connectivity index (χ0v) is 10.7. The lowest BCUT2D eigenvalue weighted by molar-refractivity contribution is 0.0967. The number of hydrogen-bond donors (Lipinski definition) is 0. The highest BCUT2D eigenvalue weighted by atomic mass is 79.9. The van der Waals surface area contributed by atoms with Crippen LogP contribution in [0.2, 0.25) is 0 Å². The number of hydrogen-bond acceptors (Lipinski definition) is 1. The smallest absolute Gasteiger partial charge is 0.165 e. The minimum Gasteiger partial charge on any atom is -0.294 e. The van der Waals surface area contributed by atoms with Crippen molar-refractivity contribution in [1.82, 2.24) is 0 Å². The van der Waals surface area contributed by atoms with Crippen molar-refractivity contribution in [3.63, 3.8) is 0 Å². The van der Waals surface area contributed by atoms with Crippen LogP contribution in [0.4, 0.5) is 0 Å². The molecular weight excluding hydrogens is 252 g/mol. The van der Waals surface area contributed by atoms with Gasteiger partial charge in [0, 0.05) is 15.8 Å². The Morgan fingerprint density at radius 1 is 1.27 bits per heavy atom. The first kappa shape index (κ1) is 10.9. The fourth-order valence-electron chi connectivity index (χ4n) is 1.61. The van der Waals surface area contributed by atoms with Crippen LogP contribution in [-0.2, 0) is 4.32 Å². The predicted molar refractivity (Wildman–Crippen MR) is 65.4 cm³/mol. The van der Waals surface area contributed by atoms with Crippen molar-refractivity contribution in [3.05, 3.63) is 35.4 Å². The van der Waals surface area contributed by atoms with Gasteiger partial charge in [0.2, 0.25) is 0 Å². The van der Waals surface area contributed by atoms with Gasteiger partial charge in [0.1, 0.15) is 0 Å². The molecule has 2 heteroatoms. The lowest BCUT2D eigenvalue weighted by Gasteiger charge is -2.16. The maximum atomic E-state index is 11.8. The molecule has 80 valence electrons. The molecule has 0 unspecified atom stereocenters. The van der Waals surface area contributed by atoms with Crippen molar-refractivity contribution in [1.29, 1.82) is 0 Å². The molecule has 0 bridgehead atoms. The van der Waals surface area contributed by atoms with Crippen LogP contribution in [0.3, 0.4) is 0 Å². The van der Waals surface area contributed by atoms with Crippen LogP contribution in [0.15, 0.2) is 24.3 Å². The largest absolute Gasteiger partial charge is 0.294 e. The van der Waals surface area contributed by atoms with E-state index in [-0.39, 0.29) is 4.32 Å². The number of carbonyl (C=O) groups excluding carboxylic acids is 1. The van der Waals surface area contributed by atoms with E-state index in [1.165, 1.54) is 5.56 Å². The lowest BCUT2D eigenvalue weighted by Crippen LogP contribution is -2.07. The van der Waals surface area contributed by atoms with E-state index in [0.29, 0.717) is 11.7 Å². The highest BCUT2D eigenvalue weighted by molar-refractivity contribution is 9.09. The molecule has 0 atom stereocenters. The molecule has 1 aliphatic carbocycles. The second-order valence-corrected chi connectivity index (χ2v) is 6.67. The summed E-state index contributed by atoms with van der Waals surface area (Å²) in [7, 11) is 0. The summed E-state index contributed by atoms with van der Waals surface area (Å²) in [6.45, 7) is 4.20. The molecule has 2 rings (SSSR count). The van der Waals surface area contributed by atoms with Gasteiger partial charge in [-0.2, -0.15) is 0 Å². The van der Waals surface area contributed by atoms with Gasteiger partial charge in [-0.3, -0.25) is 4.79 Å². The van der Waals surface area contributed by atoms with Crippen LogP contribution in [0.25, 0.3) is 0 Å². The van der Waals surface area contributed by atoms with Gasteiger partial charge in [-0.25, -0.2) is 0 Å². The molecule has 0 heterocycles. The predicted octanol–water partition coefficient (Wildman–Crippen LogP) is 3.91. The first-order valence-corrected chi connectivity index (χ1v) is 6.11. The van der Waals surface area contributed by atoms with Crippen LogP contribution in [0, 0.1) is 5.92 Å². The van der Waals surface area contributed by atoms with E-state index < -0.39 is 0 Å². The minimum atomic E-state index is -0.0197. The van der Waals surface area contributed by atoms with Crippen LogP contribution >= 0.6 is 15.9 Å². The molecule has 1 aromatic rings. The summed E-state index contributed by atoms with van der Waals surface area (Å²) in [5, 5.41) is 0. The lowest BCUT2D eigenvalue weighted by atomic mass is 9.99. The van der Waals surface area contributed by atoms with Crippen LogP contribution < -0.4 is 0 Å². The number of benzene rings is 1. The van der Waals surface area contributed by atoms with Crippen molar-refractivity contribution in [2.45, 2.75) is 31.0 Å². The molecule has 0 aromatic heterocycles. The number of halogens is 1. The average molecular weight is 267 g/mol. The fourth-order valence-corrected chi connectivity index (χ4v) is 1.88. The van der Waals surface area contributed by atoms with Gasteiger partial charge in [0.05, 0.1) is 0 Å². The summed E-state index contributed by atoms with van der Waals surface area (Å²) in [5.41, 5.74) is 2.06. The molecule has 0 saturated heterocycles. The second kappa shape index (κ2) is 3.75. The summed E-state index contributed by atoms with van der Waals surface area (Å²) >= 11 is 3.60. The number of carbonyl (C=O) groups is 1. The number of Topliss-reactive ketones (excluding diaryl/α,β-unsaturated/α-hetero) is 1. The molecule has 0 radical (unpaired) electrons. The van der Waals surface area contributed by atoms with Crippen molar-refractivity contribution in [3.8, 4) is 0 Å². The van der Waals surface area contributed by atoms with E-state index in [2.05, 4.69) is 29.8 Å². The zero-order chi connectivity index (χ0) is 11.1. The molecule has 1 aliphatic rings. The molecule has 1 aromatic carbocycles. The maximum Gasteiger partial charge on any atom is 0.165 e. The van der Waals surface area contributed by atoms with Gasteiger partial charge in [-0.05, 0) is 32.3 Å². The Morgan fingerprint density at radius 3 is 2.20 bits per heavy atom. The molecule has 0 N–H and O–H groups in total. The van der Waals surface area contributed by atoms with Gasteiger partial charge in [0.25, 0.3) is 0 Å². The van der Waals surface area contributed by atoms with E-state index in [4.69, 9.17) is 0 Å². The Balaban J connectivity index is 2.20. The average Bonchev–Trinajstić information content (AvgIpc) is 2.99. The van der Waals surface area contributed by atoms with E-state index >= 15 is 0 Å². The SMILES string of the molecule is CC(C)(Br)c1ccc(C(=O)C2CC2)cc1. The number of alkyl halides is 1. The molecule has 0 aliphatic heterocycles. The van der Waals surface area contributed by atoms with Crippen molar-refractivity contribution >= 4 is 21.7 Å². The number of ketones is 1. The molecule has 0 spiro atoms. The highest BCUT2D eigenvalue weighted by Gasteiger charge is 2.30. The van der Waals surface area contributed by atoms with Crippen LogP contribution in [0.5, 0.6) is 0 Å². The number of rotatable bonds is 3. The molecule has 0 amide bonds. The third-order valence-electron chi connectivity index (χ3n) is 2.80. The van der Waals surface area contributed by atoms with Crippen molar-refractivity contribution in [2.75, 3.05) is 0 Å². The minimum absolute atomic E-state index is 0.0197. The summed E-state index contributed by atoms with van der Waals surface area (Å²) in [5.74, 6) is 0.627. The fraction of sp³-hybridized carbons (Fsp3) is 0.462. The second-order valence-electron chi connectivity index (χ2n) is 4.69. The maximum absolute atomic E-state index is 11.8. The van der Waals surface area contributed by atoms with E-state index in [0.717, 1.165) is 18.4 Å². The molecular formula is C13H15BrO. The van der Waals surface area contributed by atoms with E-state index in [9.17, 15) is 4.79 Å². The zero-order valence-electron chi connectivity index (χ0n) is 9.09. The topological polar surface area (TPSA) is 17.1 Å². The summed E-state index contributed by atoms with van der Waals surface area (Å²) in [6, 6.07) is 7.95. The Morgan fingerprint density at radius 2 is 1.80 bits per heavy atom. The summed E-state index contributed by atoms with van der Waals surface area (Å²) in [4.78, 5) is 11.8.